The predicted molar refractivity (Wildman–Crippen MR) is 96.3 cm³/mol. The van der Waals surface area contributed by atoms with Gasteiger partial charge in [-0.3, -0.25) is 14.7 Å². The zero-order chi connectivity index (χ0) is 20.6. The fraction of sp³-hybridized carbons (Fsp3) is 0.176. The smallest absolute Gasteiger partial charge is 0.435 e. The van der Waals surface area contributed by atoms with Crippen molar-refractivity contribution in [2.75, 3.05) is 12.1 Å². The summed E-state index contributed by atoms with van der Waals surface area (Å²) in [6.45, 7) is 0. The SMILES string of the molecule is CN1NN(c2ccccc2)C=C1C(C#N)=C(O)c1c(C(F)(F)F)nn(C)c1Cl. The Hall–Kier alpha value is -3.16. The van der Waals surface area contributed by atoms with Crippen molar-refractivity contribution in [1.29, 1.82) is 5.26 Å². The van der Waals surface area contributed by atoms with E-state index in [1.165, 1.54) is 18.3 Å². The number of aromatic nitrogens is 2. The third-order valence-corrected chi connectivity index (χ3v) is 4.43. The van der Waals surface area contributed by atoms with E-state index in [-0.39, 0.29) is 5.70 Å². The van der Waals surface area contributed by atoms with E-state index in [1.54, 1.807) is 42.4 Å². The van der Waals surface area contributed by atoms with Crippen LogP contribution in [-0.4, -0.2) is 26.9 Å². The lowest BCUT2D eigenvalue weighted by Crippen LogP contribution is -2.38. The summed E-state index contributed by atoms with van der Waals surface area (Å²) < 4.78 is 40.7. The van der Waals surface area contributed by atoms with Gasteiger partial charge in [0.15, 0.2) is 5.69 Å². The second-order valence-corrected chi connectivity index (χ2v) is 6.21. The molecule has 0 saturated carbocycles. The number of nitrogens with zero attached hydrogens (tertiary/aromatic N) is 5. The number of hydrazine groups is 2. The van der Waals surface area contributed by atoms with Crippen molar-refractivity contribution in [3.05, 3.63) is 64.2 Å². The van der Waals surface area contributed by atoms with Crippen molar-refractivity contribution in [2.24, 2.45) is 7.05 Å². The highest BCUT2D eigenvalue weighted by molar-refractivity contribution is 6.31. The minimum Gasteiger partial charge on any atom is -0.506 e. The Kier molecular flexibility index (Phi) is 4.97. The molecule has 0 atom stereocenters. The number of aliphatic hydroxyl groups is 1. The van der Waals surface area contributed by atoms with Crippen LogP contribution in [0.2, 0.25) is 5.15 Å². The molecule has 0 radical (unpaired) electrons. The maximum Gasteiger partial charge on any atom is 0.435 e. The van der Waals surface area contributed by atoms with Crippen molar-refractivity contribution in [2.45, 2.75) is 6.18 Å². The number of hydrogen-bond acceptors (Lipinski definition) is 6. The number of aliphatic hydroxyl groups excluding tert-OH is 1. The third-order valence-electron chi connectivity index (χ3n) is 3.99. The normalized spacial score (nSPS) is 15.4. The van der Waals surface area contributed by atoms with Crippen LogP contribution in [0.15, 0.2) is 47.8 Å². The summed E-state index contributed by atoms with van der Waals surface area (Å²) in [6, 6.07) is 10.7. The zero-order valence-electron chi connectivity index (χ0n) is 14.7. The average Bonchev–Trinajstić information content (AvgIpc) is 3.17. The number of nitrogens with one attached hydrogen (secondary N) is 1. The summed E-state index contributed by atoms with van der Waals surface area (Å²) >= 11 is 5.92. The van der Waals surface area contributed by atoms with Gasteiger partial charge in [0.1, 0.15) is 22.6 Å². The first-order valence-electron chi connectivity index (χ1n) is 7.85. The van der Waals surface area contributed by atoms with E-state index in [1.807, 2.05) is 6.07 Å². The fourth-order valence-electron chi connectivity index (χ4n) is 2.67. The van der Waals surface area contributed by atoms with E-state index in [0.717, 1.165) is 10.4 Å². The molecule has 1 aromatic carbocycles. The number of alkyl halides is 3. The minimum absolute atomic E-state index is 0.150. The number of aryl methyl sites for hydroxylation is 1. The van der Waals surface area contributed by atoms with Crippen molar-refractivity contribution in [1.82, 2.24) is 20.3 Å². The Morgan fingerprint density at radius 2 is 1.89 bits per heavy atom. The molecular formula is C17H14ClF3N6O. The lowest BCUT2D eigenvalue weighted by Gasteiger charge is -2.20. The molecule has 1 aliphatic rings. The standard InChI is InChI=1S/C17H14ClF3N6O/c1-25-12(9-27(24-25)10-6-4-3-5-7-10)11(8-22)14(28)13-15(17(19,20)21)23-26(2)16(13)18/h3-7,9,24,28H,1-2H3. The molecule has 0 spiro atoms. The number of nitriles is 1. The molecule has 3 rings (SSSR count). The minimum atomic E-state index is -4.86. The fourth-order valence-corrected chi connectivity index (χ4v) is 2.89. The second-order valence-electron chi connectivity index (χ2n) is 5.85. The van der Waals surface area contributed by atoms with Crippen molar-refractivity contribution in [3.8, 4) is 6.07 Å². The lowest BCUT2D eigenvalue weighted by molar-refractivity contribution is -0.141. The highest BCUT2D eigenvalue weighted by Gasteiger charge is 2.41. The summed E-state index contributed by atoms with van der Waals surface area (Å²) in [5.74, 6) is -0.914. The second kappa shape index (κ2) is 7.10. The van der Waals surface area contributed by atoms with Gasteiger partial charge >= 0.3 is 6.18 Å². The van der Waals surface area contributed by atoms with E-state index < -0.39 is 33.9 Å². The Morgan fingerprint density at radius 1 is 1.25 bits per heavy atom. The molecule has 1 aliphatic heterocycles. The zero-order valence-corrected chi connectivity index (χ0v) is 15.4. The first-order valence-corrected chi connectivity index (χ1v) is 8.22. The van der Waals surface area contributed by atoms with Crippen LogP contribution in [0.4, 0.5) is 18.9 Å². The first kappa shape index (κ1) is 19.6. The van der Waals surface area contributed by atoms with E-state index >= 15 is 0 Å². The van der Waals surface area contributed by atoms with E-state index in [2.05, 4.69) is 10.6 Å². The molecule has 1 aromatic heterocycles. The molecule has 0 amide bonds. The summed E-state index contributed by atoms with van der Waals surface area (Å²) in [4.78, 5) is 0. The number of benzene rings is 1. The Bertz CT molecular complexity index is 1010. The molecule has 11 heteroatoms. The topological polar surface area (TPSA) is 80.3 Å². The molecule has 0 fully saturated rings. The van der Waals surface area contributed by atoms with Crippen LogP contribution in [0.1, 0.15) is 11.3 Å². The highest BCUT2D eigenvalue weighted by atomic mass is 35.5. The molecule has 0 saturated heterocycles. The molecule has 0 bridgehead atoms. The van der Waals surface area contributed by atoms with Crippen LogP contribution in [0.25, 0.3) is 5.76 Å². The van der Waals surface area contributed by atoms with Crippen LogP contribution >= 0.6 is 11.6 Å². The molecule has 2 N–H and O–H groups in total. The van der Waals surface area contributed by atoms with Gasteiger partial charge < -0.3 is 5.11 Å². The number of likely N-dealkylation sites (N-methyl/N-ethyl adjacent to an activating group) is 1. The molecule has 2 heterocycles. The van der Waals surface area contributed by atoms with E-state index in [9.17, 15) is 23.5 Å². The average molecular weight is 411 g/mol. The number of anilines is 1. The summed E-state index contributed by atoms with van der Waals surface area (Å²) in [5, 5.41) is 25.9. The van der Waals surface area contributed by atoms with Gasteiger partial charge in [0.25, 0.3) is 0 Å². The molecular weight excluding hydrogens is 397 g/mol. The van der Waals surface area contributed by atoms with Crippen molar-refractivity contribution < 1.29 is 18.3 Å². The molecule has 7 nitrogen and oxygen atoms in total. The monoisotopic (exact) mass is 410 g/mol. The quantitative estimate of drug-likeness (QED) is 0.594. The Balaban J connectivity index is 2.13. The predicted octanol–water partition coefficient (Wildman–Crippen LogP) is 3.60. The van der Waals surface area contributed by atoms with Crippen molar-refractivity contribution in [3.63, 3.8) is 0 Å². The number of allylic oxidation sites excluding steroid dienone is 1. The summed E-state index contributed by atoms with van der Waals surface area (Å²) in [7, 11) is 2.76. The number of halogens is 4. The Morgan fingerprint density at radius 3 is 2.46 bits per heavy atom. The lowest BCUT2D eigenvalue weighted by atomic mass is 10.1. The van der Waals surface area contributed by atoms with Gasteiger partial charge in [-0.25, -0.2) is 0 Å². The van der Waals surface area contributed by atoms with Crippen molar-refractivity contribution >= 4 is 23.0 Å². The third kappa shape index (κ3) is 3.37. The summed E-state index contributed by atoms with van der Waals surface area (Å²) in [5.41, 5.74) is 1.26. The van der Waals surface area contributed by atoms with Crippen LogP contribution in [-0.2, 0) is 13.2 Å². The van der Waals surface area contributed by atoms with Crippen LogP contribution in [0, 0.1) is 11.3 Å². The molecule has 0 unspecified atom stereocenters. The van der Waals surface area contributed by atoms with Gasteiger partial charge in [-0.1, -0.05) is 29.8 Å². The first-order chi connectivity index (χ1) is 13.1. The Labute approximate surface area is 163 Å². The largest absolute Gasteiger partial charge is 0.506 e. The molecule has 146 valence electrons. The number of hydrogen-bond donors (Lipinski definition) is 2. The van der Waals surface area contributed by atoms with Gasteiger partial charge in [-0.15, -0.1) is 5.53 Å². The maximum atomic E-state index is 13.3. The van der Waals surface area contributed by atoms with Crippen LogP contribution in [0.5, 0.6) is 0 Å². The van der Waals surface area contributed by atoms with E-state index in [4.69, 9.17) is 11.6 Å². The number of rotatable bonds is 3. The van der Waals surface area contributed by atoms with Crippen LogP contribution in [0.3, 0.4) is 0 Å². The molecule has 28 heavy (non-hydrogen) atoms. The molecule has 0 aliphatic carbocycles. The van der Waals surface area contributed by atoms with E-state index in [0.29, 0.717) is 0 Å². The number of para-hydroxylation sites is 1. The van der Waals surface area contributed by atoms with Gasteiger partial charge in [0.2, 0.25) is 0 Å². The highest BCUT2D eigenvalue weighted by Crippen LogP contribution is 2.39. The molecule has 2 aromatic rings. The van der Waals surface area contributed by atoms with Gasteiger partial charge in [0.05, 0.1) is 16.9 Å². The summed E-state index contributed by atoms with van der Waals surface area (Å²) in [6.07, 6.45) is -3.39. The van der Waals surface area contributed by atoms with Gasteiger partial charge in [0, 0.05) is 20.3 Å². The van der Waals surface area contributed by atoms with Gasteiger partial charge in [-0.05, 0) is 12.1 Å². The van der Waals surface area contributed by atoms with Crippen LogP contribution < -0.4 is 10.5 Å². The maximum absolute atomic E-state index is 13.3. The van der Waals surface area contributed by atoms with Gasteiger partial charge in [-0.2, -0.15) is 23.5 Å².